The zero-order valence-electron chi connectivity index (χ0n) is 22.5. The zero-order chi connectivity index (χ0) is 27.8. The lowest BCUT2D eigenvalue weighted by atomic mass is 9.96. The fourth-order valence-corrected chi connectivity index (χ4v) is 5.97. The number of aromatic nitrogens is 2. The maximum Gasteiger partial charge on any atom is 0.174 e. The predicted molar refractivity (Wildman–Crippen MR) is 166 cm³/mol. The number of anilines is 1. The highest BCUT2D eigenvalue weighted by Gasteiger charge is 2.42. The Bertz CT molecular complexity index is 1670. The molecule has 1 aliphatic heterocycles. The number of hydrogen-bond donors (Lipinski definition) is 1. The highest BCUT2D eigenvalue weighted by Crippen LogP contribution is 2.44. The van der Waals surface area contributed by atoms with Crippen molar-refractivity contribution < 1.29 is 4.74 Å². The Hall–Kier alpha value is -4.13. The number of benzene rings is 3. The summed E-state index contributed by atoms with van der Waals surface area (Å²) in [6.07, 6.45) is 1.83. The van der Waals surface area contributed by atoms with Gasteiger partial charge in [-0.25, -0.2) is 0 Å². The van der Waals surface area contributed by atoms with Crippen molar-refractivity contribution in [1.82, 2.24) is 14.9 Å². The molecule has 0 bridgehead atoms. The second-order valence-corrected chi connectivity index (χ2v) is 10.8. The molecule has 6 rings (SSSR count). The molecular formula is C33H29ClN4OS. The fourth-order valence-electron chi connectivity index (χ4n) is 5.50. The van der Waals surface area contributed by atoms with Crippen LogP contribution in [0.3, 0.4) is 0 Å². The summed E-state index contributed by atoms with van der Waals surface area (Å²) in [5.41, 5.74) is 7.53. The van der Waals surface area contributed by atoms with Gasteiger partial charge in [-0.15, -0.1) is 0 Å². The largest absolute Gasteiger partial charge is 0.457 e. The van der Waals surface area contributed by atoms with Crippen molar-refractivity contribution in [2.75, 3.05) is 4.90 Å². The number of nitrogens with one attached hydrogen (secondary N) is 1. The molecule has 0 spiro atoms. The molecule has 3 aromatic carbocycles. The van der Waals surface area contributed by atoms with Crippen molar-refractivity contribution >= 4 is 34.6 Å². The van der Waals surface area contributed by atoms with Crippen LogP contribution >= 0.6 is 23.8 Å². The Morgan fingerprint density at radius 3 is 2.25 bits per heavy atom. The van der Waals surface area contributed by atoms with E-state index in [1.807, 2.05) is 92.0 Å². The first-order valence-electron chi connectivity index (χ1n) is 13.2. The molecule has 5 nitrogen and oxygen atoms in total. The number of rotatable bonds is 6. The second-order valence-electron chi connectivity index (χ2n) is 10.00. The molecule has 0 amide bonds. The summed E-state index contributed by atoms with van der Waals surface area (Å²) in [5.74, 6) is 1.62. The highest BCUT2D eigenvalue weighted by molar-refractivity contribution is 7.80. The van der Waals surface area contributed by atoms with Crippen LogP contribution in [-0.4, -0.2) is 14.7 Å². The first kappa shape index (κ1) is 26.1. The van der Waals surface area contributed by atoms with Gasteiger partial charge in [-0.05, 0) is 117 Å². The number of pyridine rings is 1. The first-order valence-corrected chi connectivity index (χ1v) is 14.0. The third-order valence-corrected chi connectivity index (χ3v) is 7.97. The van der Waals surface area contributed by atoms with E-state index in [9.17, 15) is 0 Å². The van der Waals surface area contributed by atoms with Gasteiger partial charge in [0.15, 0.2) is 5.11 Å². The minimum absolute atomic E-state index is 0.113. The van der Waals surface area contributed by atoms with E-state index >= 15 is 0 Å². The quantitative estimate of drug-likeness (QED) is 0.210. The highest BCUT2D eigenvalue weighted by atomic mass is 35.5. The summed E-state index contributed by atoms with van der Waals surface area (Å²) in [6.45, 7) is 6.33. The number of nitrogens with zero attached hydrogens (tertiary/aromatic N) is 3. The maximum absolute atomic E-state index is 6.19. The van der Waals surface area contributed by atoms with Crippen LogP contribution in [0.5, 0.6) is 11.5 Å². The Labute approximate surface area is 245 Å². The van der Waals surface area contributed by atoms with Gasteiger partial charge in [0.2, 0.25) is 0 Å². The van der Waals surface area contributed by atoms with Crippen LogP contribution in [0.4, 0.5) is 5.69 Å². The summed E-state index contributed by atoms with van der Waals surface area (Å²) < 4.78 is 8.43. The van der Waals surface area contributed by atoms with Crippen LogP contribution in [0.15, 0.2) is 103 Å². The number of aryl methyl sites for hydroxylation is 2. The molecular weight excluding hydrogens is 536 g/mol. The number of hydrogen-bond acceptors (Lipinski definition) is 3. The Balaban J connectivity index is 1.41. The molecule has 1 saturated heterocycles. The van der Waals surface area contributed by atoms with Crippen molar-refractivity contribution in [2.24, 2.45) is 0 Å². The normalized spacial score (nSPS) is 16.7. The van der Waals surface area contributed by atoms with Gasteiger partial charge in [0, 0.05) is 34.0 Å². The lowest BCUT2D eigenvalue weighted by Crippen LogP contribution is -2.29. The fraction of sp³-hybridized carbons (Fsp3) is 0.152. The van der Waals surface area contributed by atoms with Gasteiger partial charge >= 0.3 is 0 Å². The van der Waals surface area contributed by atoms with Gasteiger partial charge < -0.3 is 19.5 Å². The smallest absolute Gasteiger partial charge is 0.174 e. The lowest BCUT2D eigenvalue weighted by Gasteiger charge is -2.28. The minimum atomic E-state index is -0.129. The zero-order valence-corrected chi connectivity index (χ0v) is 24.1. The monoisotopic (exact) mass is 564 g/mol. The average Bonchev–Trinajstić information content (AvgIpc) is 3.46. The van der Waals surface area contributed by atoms with E-state index in [1.165, 1.54) is 5.56 Å². The first-order chi connectivity index (χ1) is 19.4. The number of thiocarbonyl (C=S) groups is 1. The van der Waals surface area contributed by atoms with Gasteiger partial charge in [0.25, 0.3) is 0 Å². The van der Waals surface area contributed by atoms with Crippen molar-refractivity contribution in [2.45, 2.75) is 32.9 Å². The van der Waals surface area contributed by atoms with Crippen LogP contribution < -0.4 is 15.0 Å². The summed E-state index contributed by atoms with van der Waals surface area (Å²) in [6, 6.07) is 32.1. The molecule has 0 radical (unpaired) electrons. The molecule has 200 valence electrons. The van der Waals surface area contributed by atoms with Gasteiger partial charge in [-0.1, -0.05) is 35.9 Å². The van der Waals surface area contributed by atoms with E-state index < -0.39 is 0 Å². The van der Waals surface area contributed by atoms with Crippen LogP contribution in [0.25, 0.3) is 5.69 Å². The van der Waals surface area contributed by atoms with Crippen molar-refractivity contribution in [3.05, 3.63) is 136 Å². The molecule has 0 unspecified atom stereocenters. The second kappa shape index (κ2) is 10.8. The summed E-state index contributed by atoms with van der Waals surface area (Å²) in [4.78, 5) is 6.90. The van der Waals surface area contributed by atoms with Crippen molar-refractivity contribution in [3.8, 4) is 17.2 Å². The Morgan fingerprint density at radius 2 is 1.55 bits per heavy atom. The molecule has 0 aliphatic carbocycles. The SMILES string of the molecule is Cc1ccccc1Oc1ccc(N2C(=S)N[C@H](c3ccccn3)[C@H]2c2cc(C)n(-c3ccc(Cl)cc3)c2C)cc1. The van der Waals surface area contributed by atoms with E-state index in [0.717, 1.165) is 45.5 Å². The van der Waals surface area contributed by atoms with E-state index in [-0.39, 0.29) is 12.1 Å². The van der Waals surface area contributed by atoms with Gasteiger partial charge in [-0.3, -0.25) is 4.98 Å². The average molecular weight is 565 g/mol. The Kier molecular flexibility index (Phi) is 7.05. The van der Waals surface area contributed by atoms with Gasteiger partial charge in [0.1, 0.15) is 11.5 Å². The van der Waals surface area contributed by atoms with Crippen LogP contribution in [0.2, 0.25) is 5.02 Å². The van der Waals surface area contributed by atoms with Gasteiger partial charge in [0.05, 0.1) is 17.8 Å². The van der Waals surface area contributed by atoms with E-state index in [4.69, 9.17) is 33.5 Å². The summed E-state index contributed by atoms with van der Waals surface area (Å²) in [7, 11) is 0. The number of halogens is 1. The summed E-state index contributed by atoms with van der Waals surface area (Å²) >= 11 is 12.1. The lowest BCUT2D eigenvalue weighted by molar-refractivity contribution is 0.479. The standard InChI is InChI=1S/C33H29ClN4OS/c1-21-8-4-5-10-30(21)39-27-17-15-26(16-18-27)38-32(31(36-33(38)40)29-9-6-7-19-35-29)28-20-22(2)37(23(28)3)25-13-11-24(34)12-14-25/h4-20,31-32H,1-3H3,(H,36,40)/t31-,32-/m1/s1. The molecule has 5 aromatic rings. The van der Waals surface area contributed by atoms with Crippen LogP contribution in [-0.2, 0) is 0 Å². The Morgan fingerprint density at radius 1 is 0.850 bits per heavy atom. The predicted octanol–water partition coefficient (Wildman–Crippen LogP) is 8.42. The third-order valence-electron chi connectivity index (χ3n) is 7.41. The maximum atomic E-state index is 6.19. The number of ether oxygens (including phenoxy) is 1. The van der Waals surface area contributed by atoms with E-state index in [1.54, 1.807) is 0 Å². The molecule has 3 heterocycles. The molecule has 1 N–H and O–H groups in total. The summed E-state index contributed by atoms with van der Waals surface area (Å²) in [5, 5.41) is 4.94. The molecule has 0 saturated carbocycles. The topological polar surface area (TPSA) is 42.3 Å². The third kappa shape index (κ3) is 4.85. The van der Waals surface area contributed by atoms with E-state index in [0.29, 0.717) is 10.1 Å². The molecule has 7 heteroatoms. The number of para-hydroxylation sites is 1. The molecule has 40 heavy (non-hydrogen) atoms. The van der Waals surface area contributed by atoms with Crippen LogP contribution in [0.1, 0.15) is 40.3 Å². The van der Waals surface area contributed by atoms with Gasteiger partial charge in [-0.2, -0.15) is 0 Å². The molecule has 1 fully saturated rings. The van der Waals surface area contributed by atoms with Crippen LogP contribution in [0, 0.1) is 20.8 Å². The molecule has 1 aliphatic rings. The molecule has 2 aromatic heterocycles. The van der Waals surface area contributed by atoms with Crippen molar-refractivity contribution in [1.29, 1.82) is 0 Å². The van der Waals surface area contributed by atoms with Crippen molar-refractivity contribution in [3.63, 3.8) is 0 Å². The minimum Gasteiger partial charge on any atom is -0.457 e. The molecule has 2 atom stereocenters. The van der Waals surface area contributed by atoms with E-state index in [2.05, 4.69) is 46.8 Å².